The number of amides is 1. The Bertz CT molecular complexity index is 592. The van der Waals surface area contributed by atoms with Crippen molar-refractivity contribution in [3.8, 4) is 0 Å². The number of hydrogen-bond acceptors (Lipinski definition) is 4. The van der Waals surface area contributed by atoms with E-state index in [0.29, 0.717) is 24.2 Å². The summed E-state index contributed by atoms with van der Waals surface area (Å²) < 4.78 is 6.54. The van der Waals surface area contributed by atoms with Gasteiger partial charge in [0.05, 0.1) is 12.8 Å². The molecular weight excluding hydrogens is 294 g/mol. The second kappa shape index (κ2) is 6.72. The highest BCUT2D eigenvalue weighted by molar-refractivity contribution is 5.93. The summed E-state index contributed by atoms with van der Waals surface area (Å²) in [6.45, 7) is 8.68. The molecule has 23 heavy (non-hydrogen) atoms. The minimum atomic E-state index is -0.435. The van der Waals surface area contributed by atoms with Gasteiger partial charge in [0.15, 0.2) is 0 Å². The Morgan fingerprint density at radius 3 is 2.74 bits per heavy atom. The van der Waals surface area contributed by atoms with Gasteiger partial charge in [-0.1, -0.05) is 20.8 Å². The summed E-state index contributed by atoms with van der Waals surface area (Å²) in [7, 11) is 1.70. The molecule has 0 radical (unpaired) electrons. The summed E-state index contributed by atoms with van der Waals surface area (Å²) >= 11 is 0. The van der Waals surface area contributed by atoms with Crippen LogP contribution in [0.25, 0.3) is 0 Å². The molecular formula is C17H27N3O3. The van der Waals surface area contributed by atoms with Crippen LogP contribution in [0.4, 0.5) is 5.95 Å². The van der Waals surface area contributed by atoms with Crippen molar-refractivity contribution in [2.45, 2.75) is 47.0 Å². The van der Waals surface area contributed by atoms with Gasteiger partial charge in [-0.05, 0) is 37.5 Å². The molecule has 0 saturated heterocycles. The van der Waals surface area contributed by atoms with E-state index >= 15 is 0 Å². The second-order valence-corrected chi connectivity index (χ2v) is 7.35. The number of esters is 1. The number of imidazole rings is 1. The zero-order valence-corrected chi connectivity index (χ0v) is 14.7. The van der Waals surface area contributed by atoms with Gasteiger partial charge in [-0.3, -0.25) is 10.1 Å². The summed E-state index contributed by atoms with van der Waals surface area (Å²) in [4.78, 5) is 28.5. The van der Waals surface area contributed by atoms with Gasteiger partial charge in [-0.25, -0.2) is 9.78 Å². The average Bonchev–Trinajstić information content (AvgIpc) is 2.78. The van der Waals surface area contributed by atoms with Crippen LogP contribution < -0.4 is 5.32 Å². The number of carbonyl (C=O) groups is 2. The lowest BCUT2D eigenvalue weighted by Crippen LogP contribution is -2.35. The maximum absolute atomic E-state index is 12.6. The van der Waals surface area contributed by atoms with Gasteiger partial charge in [0, 0.05) is 13.0 Å². The van der Waals surface area contributed by atoms with E-state index in [1.165, 1.54) is 6.20 Å². The number of aromatic nitrogens is 2. The fourth-order valence-electron chi connectivity index (χ4n) is 3.68. The lowest BCUT2D eigenvalue weighted by atomic mass is 9.68. The highest BCUT2D eigenvalue weighted by atomic mass is 16.5. The highest BCUT2D eigenvalue weighted by Gasteiger charge is 2.35. The van der Waals surface area contributed by atoms with Crippen LogP contribution in [0.15, 0.2) is 6.20 Å². The highest BCUT2D eigenvalue weighted by Crippen LogP contribution is 2.41. The summed E-state index contributed by atoms with van der Waals surface area (Å²) in [5, 5.41) is 2.86. The molecule has 6 heteroatoms. The van der Waals surface area contributed by atoms with Gasteiger partial charge >= 0.3 is 5.97 Å². The number of nitrogens with zero attached hydrogens (tertiary/aromatic N) is 2. The Balaban J connectivity index is 2.07. The van der Waals surface area contributed by atoms with E-state index in [9.17, 15) is 9.59 Å². The van der Waals surface area contributed by atoms with Crippen LogP contribution in [0.3, 0.4) is 0 Å². The van der Waals surface area contributed by atoms with Gasteiger partial charge in [-0.15, -0.1) is 0 Å². The first-order chi connectivity index (χ1) is 10.7. The first kappa shape index (κ1) is 17.5. The Labute approximate surface area is 137 Å². The van der Waals surface area contributed by atoms with Gasteiger partial charge in [0.1, 0.15) is 5.69 Å². The largest absolute Gasteiger partial charge is 0.461 e. The van der Waals surface area contributed by atoms with Crippen LogP contribution in [-0.4, -0.2) is 28.0 Å². The molecule has 1 saturated carbocycles. The van der Waals surface area contributed by atoms with Gasteiger partial charge in [-0.2, -0.15) is 0 Å². The molecule has 1 heterocycles. The average molecular weight is 321 g/mol. The van der Waals surface area contributed by atoms with Gasteiger partial charge in [0.2, 0.25) is 11.9 Å². The lowest BCUT2D eigenvalue weighted by Gasteiger charge is -2.38. The molecule has 1 N–H and O–H groups in total. The Morgan fingerprint density at radius 1 is 1.43 bits per heavy atom. The summed E-state index contributed by atoms with van der Waals surface area (Å²) in [6.07, 6.45) is 4.34. The van der Waals surface area contributed by atoms with E-state index < -0.39 is 5.97 Å². The fourth-order valence-corrected chi connectivity index (χ4v) is 3.68. The number of ether oxygens (including phenoxy) is 1. The quantitative estimate of drug-likeness (QED) is 0.865. The molecule has 2 unspecified atom stereocenters. The standard InChI is InChI=1S/C17H27N3O3/c1-6-23-15(22)13-10-18-16(20(13)5)19-14(21)12-7-11(2)8-17(3,4)9-12/h10-12H,6-9H2,1-5H3,(H,18,19,21). The van der Waals surface area contributed by atoms with Crippen molar-refractivity contribution in [1.29, 1.82) is 0 Å². The fraction of sp³-hybridized carbons (Fsp3) is 0.706. The number of carbonyl (C=O) groups excluding carboxylic acids is 2. The molecule has 128 valence electrons. The predicted octanol–water partition coefficient (Wildman–Crippen LogP) is 3.00. The monoisotopic (exact) mass is 321 g/mol. The maximum atomic E-state index is 12.6. The molecule has 1 aromatic rings. The molecule has 1 aliphatic rings. The van der Waals surface area contributed by atoms with Crippen LogP contribution in [0, 0.1) is 17.3 Å². The molecule has 2 rings (SSSR count). The SMILES string of the molecule is CCOC(=O)c1cnc(NC(=O)C2CC(C)CC(C)(C)C2)n1C. The van der Waals surface area contributed by atoms with Crippen molar-refractivity contribution in [1.82, 2.24) is 9.55 Å². The molecule has 1 aliphatic carbocycles. The summed E-state index contributed by atoms with van der Waals surface area (Å²) in [5.74, 6) is 0.445. The van der Waals surface area contributed by atoms with Crippen molar-refractivity contribution in [2.24, 2.45) is 24.3 Å². The molecule has 0 aromatic carbocycles. The van der Waals surface area contributed by atoms with Crippen LogP contribution in [-0.2, 0) is 16.6 Å². The van der Waals surface area contributed by atoms with Crippen molar-refractivity contribution in [2.75, 3.05) is 11.9 Å². The van der Waals surface area contributed by atoms with Crippen molar-refractivity contribution in [3.63, 3.8) is 0 Å². The molecule has 0 spiro atoms. The van der Waals surface area contributed by atoms with Gasteiger partial charge in [0.25, 0.3) is 0 Å². The van der Waals surface area contributed by atoms with Crippen LogP contribution in [0.2, 0.25) is 0 Å². The molecule has 6 nitrogen and oxygen atoms in total. The third-order valence-electron chi connectivity index (χ3n) is 4.47. The van der Waals surface area contributed by atoms with Crippen LogP contribution in [0.5, 0.6) is 0 Å². The van der Waals surface area contributed by atoms with Crippen LogP contribution >= 0.6 is 0 Å². The smallest absolute Gasteiger partial charge is 0.356 e. The molecule has 1 fully saturated rings. The Morgan fingerprint density at radius 2 is 2.13 bits per heavy atom. The number of hydrogen-bond donors (Lipinski definition) is 1. The van der Waals surface area contributed by atoms with E-state index in [0.717, 1.165) is 19.3 Å². The first-order valence-corrected chi connectivity index (χ1v) is 8.23. The number of anilines is 1. The first-order valence-electron chi connectivity index (χ1n) is 8.23. The van der Waals surface area contributed by atoms with E-state index in [1.54, 1.807) is 18.5 Å². The third kappa shape index (κ3) is 4.12. The van der Waals surface area contributed by atoms with Crippen LogP contribution in [0.1, 0.15) is 57.4 Å². The Hall–Kier alpha value is -1.85. The normalized spacial score (nSPS) is 23.3. The van der Waals surface area contributed by atoms with Crippen molar-refractivity contribution >= 4 is 17.8 Å². The summed E-state index contributed by atoms with van der Waals surface area (Å²) in [5.41, 5.74) is 0.511. The maximum Gasteiger partial charge on any atom is 0.356 e. The van der Waals surface area contributed by atoms with Crippen molar-refractivity contribution < 1.29 is 14.3 Å². The number of rotatable bonds is 4. The molecule has 0 aliphatic heterocycles. The van der Waals surface area contributed by atoms with E-state index in [-0.39, 0.29) is 17.2 Å². The molecule has 1 aromatic heterocycles. The van der Waals surface area contributed by atoms with Crippen molar-refractivity contribution in [3.05, 3.63) is 11.9 Å². The third-order valence-corrected chi connectivity index (χ3v) is 4.47. The molecule has 2 atom stereocenters. The predicted molar refractivity (Wildman–Crippen MR) is 88.1 cm³/mol. The molecule has 0 bridgehead atoms. The van der Waals surface area contributed by atoms with E-state index in [2.05, 4.69) is 31.1 Å². The summed E-state index contributed by atoms with van der Waals surface area (Å²) in [6, 6.07) is 0. The minimum absolute atomic E-state index is 0.0171. The Kier molecular flexibility index (Phi) is 5.12. The second-order valence-electron chi connectivity index (χ2n) is 7.35. The van der Waals surface area contributed by atoms with E-state index in [1.807, 2.05) is 0 Å². The molecule has 1 amide bonds. The zero-order chi connectivity index (χ0) is 17.2. The minimum Gasteiger partial charge on any atom is -0.461 e. The lowest BCUT2D eigenvalue weighted by molar-refractivity contribution is -0.122. The zero-order valence-electron chi connectivity index (χ0n) is 14.7. The van der Waals surface area contributed by atoms with Gasteiger partial charge < -0.3 is 9.30 Å². The van der Waals surface area contributed by atoms with E-state index in [4.69, 9.17) is 4.74 Å². The topological polar surface area (TPSA) is 73.2 Å². The number of nitrogens with one attached hydrogen (secondary N) is 1.